The molecule has 2 aromatic rings. The van der Waals surface area contributed by atoms with Gasteiger partial charge in [0.2, 0.25) is 0 Å². The largest absolute Gasteiger partial charge is 0.345 e. The second-order valence-corrected chi connectivity index (χ2v) is 5.85. The van der Waals surface area contributed by atoms with Crippen molar-refractivity contribution in [3.63, 3.8) is 0 Å². The lowest BCUT2D eigenvalue weighted by Crippen LogP contribution is -2.40. The molecule has 0 bridgehead atoms. The van der Waals surface area contributed by atoms with Gasteiger partial charge in [0.15, 0.2) is 5.79 Å². The monoisotopic (exact) mass is 296 g/mol. The smallest absolute Gasteiger partial charge is 0.196 e. The molecular formula is C19H20O3. The molecule has 0 saturated carbocycles. The van der Waals surface area contributed by atoms with Crippen molar-refractivity contribution in [2.75, 3.05) is 6.61 Å². The second-order valence-electron chi connectivity index (χ2n) is 5.85. The summed E-state index contributed by atoms with van der Waals surface area (Å²) in [5.74, 6) is -0.700. The Morgan fingerprint density at radius 1 is 1.00 bits per heavy atom. The molecule has 3 rings (SSSR count). The van der Waals surface area contributed by atoms with Crippen molar-refractivity contribution < 1.29 is 14.5 Å². The third-order valence-electron chi connectivity index (χ3n) is 3.70. The highest BCUT2D eigenvalue weighted by atomic mass is 17.2. The van der Waals surface area contributed by atoms with E-state index in [1.54, 1.807) is 0 Å². The topological polar surface area (TPSA) is 27.7 Å². The summed E-state index contributed by atoms with van der Waals surface area (Å²) in [6.45, 7) is 8.19. The van der Waals surface area contributed by atoms with Gasteiger partial charge in [-0.2, -0.15) is 0 Å². The van der Waals surface area contributed by atoms with Crippen LogP contribution in [0.4, 0.5) is 0 Å². The second kappa shape index (κ2) is 6.05. The summed E-state index contributed by atoms with van der Waals surface area (Å²) in [5.41, 5.74) is 4.25. The first-order valence-corrected chi connectivity index (χ1v) is 7.38. The Balaban J connectivity index is 1.72. The lowest BCUT2D eigenvalue weighted by molar-refractivity contribution is -0.467. The first-order valence-electron chi connectivity index (χ1n) is 7.38. The third kappa shape index (κ3) is 3.28. The van der Waals surface area contributed by atoms with Crippen LogP contribution in [0.15, 0.2) is 61.2 Å². The molecule has 114 valence electrons. The Morgan fingerprint density at radius 2 is 1.64 bits per heavy atom. The summed E-state index contributed by atoms with van der Waals surface area (Å²) in [5, 5.41) is 0. The van der Waals surface area contributed by atoms with E-state index in [0.29, 0.717) is 6.61 Å². The van der Waals surface area contributed by atoms with E-state index < -0.39 is 5.79 Å². The van der Waals surface area contributed by atoms with E-state index in [0.717, 1.165) is 11.1 Å². The van der Waals surface area contributed by atoms with Crippen LogP contribution in [0.25, 0.3) is 16.7 Å². The summed E-state index contributed by atoms with van der Waals surface area (Å²) in [6, 6.07) is 18.6. The van der Waals surface area contributed by atoms with E-state index in [2.05, 4.69) is 30.8 Å². The Morgan fingerprint density at radius 3 is 2.23 bits per heavy atom. The van der Waals surface area contributed by atoms with Crippen LogP contribution < -0.4 is 0 Å². The highest BCUT2D eigenvalue weighted by Crippen LogP contribution is 2.28. The minimum atomic E-state index is -0.700. The van der Waals surface area contributed by atoms with Crippen LogP contribution >= 0.6 is 0 Å². The van der Waals surface area contributed by atoms with Crippen molar-refractivity contribution in [2.24, 2.45) is 0 Å². The van der Waals surface area contributed by atoms with Crippen molar-refractivity contribution in [2.45, 2.75) is 25.7 Å². The SMILES string of the molecule is C=C(c1ccc(-c2ccccc2)cc1)C1COC(C)(C)OO1. The van der Waals surface area contributed by atoms with Crippen molar-refractivity contribution in [1.82, 2.24) is 0 Å². The zero-order valence-electron chi connectivity index (χ0n) is 12.9. The van der Waals surface area contributed by atoms with E-state index in [-0.39, 0.29) is 6.10 Å². The van der Waals surface area contributed by atoms with E-state index >= 15 is 0 Å². The van der Waals surface area contributed by atoms with E-state index in [1.165, 1.54) is 11.1 Å². The lowest BCUT2D eigenvalue weighted by atomic mass is 9.98. The van der Waals surface area contributed by atoms with Gasteiger partial charge < -0.3 is 4.74 Å². The summed E-state index contributed by atoms with van der Waals surface area (Å²) in [6.07, 6.45) is -0.282. The first-order chi connectivity index (χ1) is 10.6. The van der Waals surface area contributed by atoms with Crippen LogP contribution in [0.2, 0.25) is 0 Å². The highest BCUT2D eigenvalue weighted by Gasteiger charge is 2.31. The fourth-order valence-electron chi connectivity index (χ4n) is 2.35. The van der Waals surface area contributed by atoms with Crippen LogP contribution in [0.3, 0.4) is 0 Å². The van der Waals surface area contributed by atoms with Crippen molar-refractivity contribution in [3.8, 4) is 11.1 Å². The summed E-state index contributed by atoms with van der Waals surface area (Å²) < 4.78 is 5.61. The average Bonchev–Trinajstić information content (AvgIpc) is 2.55. The minimum Gasteiger partial charge on any atom is -0.345 e. The Labute approximate surface area is 131 Å². The summed E-state index contributed by atoms with van der Waals surface area (Å²) in [7, 11) is 0. The van der Waals surface area contributed by atoms with Crippen molar-refractivity contribution >= 4 is 5.57 Å². The van der Waals surface area contributed by atoms with Gasteiger partial charge >= 0.3 is 0 Å². The molecule has 1 aliphatic rings. The molecule has 0 aromatic heterocycles. The fourth-order valence-corrected chi connectivity index (χ4v) is 2.35. The Kier molecular flexibility index (Phi) is 4.12. The van der Waals surface area contributed by atoms with Crippen LogP contribution in [0.1, 0.15) is 19.4 Å². The maximum Gasteiger partial charge on any atom is 0.196 e. The minimum absolute atomic E-state index is 0.282. The van der Waals surface area contributed by atoms with Gasteiger partial charge in [-0.15, -0.1) is 0 Å². The van der Waals surface area contributed by atoms with Crippen molar-refractivity contribution in [1.29, 1.82) is 0 Å². The number of hydrogen-bond donors (Lipinski definition) is 0. The van der Waals surface area contributed by atoms with Gasteiger partial charge in [-0.1, -0.05) is 61.2 Å². The molecule has 2 aromatic carbocycles. The van der Waals surface area contributed by atoms with Crippen LogP contribution in [-0.2, 0) is 14.5 Å². The molecule has 0 aliphatic carbocycles. The quantitative estimate of drug-likeness (QED) is 0.783. The Bertz CT molecular complexity index is 634. The molecule has 1 fully saturated rings. The Hall–Kier alpha value is -1.94. The molecule has 0 spiro atoms. The number of ether oxygens (including phenoxy) is 1. The van der Waals surface area contributed by atoms with Gasteiger partial charge in [0.1, 0.15) is 6.10 Å². The standard InChI is InChI=1S/C19H20O3/c1-14(18-13-20-19(2,3)22-21-18)15-9-11-17(12-10-15)16-7-5-4-6-8-16/h4-12,18H,1,13H2,2-3H3. The molecular weight excluding hydrogens is 276 g/mol. The van der Waals surface area contributed by atoms with Crippen LogP contribution in [0, 0.1) is 0 Å². The predicted molar refractivity (Wildman–Crippen MR) is 86.9 cm³/mol. The number of benzene rings is 2. The van der Waals surface area contributed by atoms with E-state index in [1.807, 2.05) is 44.2 Å². The molecule has 1 aliphatic heterocycles. The van der Waals surface area contributed by atoms with Gasteiger partial charge in [0, 0.05) is 0 Å². The zero-order valence-corrected chi connectivity index (χ0v) is 12.9. The maximum atomic E-state index is 5.61. The highest BCUT2D eigenvalue weighted by molar-refractivity contribution is 5.71. The van der Waals surface area contributed by atoms with E-state index in [4.69, 9.17) is 14.5 Å². The van der Waals surface area contributed by atoms with Gasteiger partial charge in [-0.25, -0.2) is 9.78 Å². The van der Waals surface area contributed by atoms with Gasteiger partial charge in [-0.3, -0.25) is 0 Å². The number of rotatable bonds is 3. The molecule has 0 amide bonds. The first kappa shape index (κ1) is 15.0. The fraction of sp³-hybridized carbons (Fsp3) is 0.263. The molecule has 0 radical (unpaired) electrons. The van der Waals surface area contributed by atoms with E-state index in [9.17, 15) is 0 Å². The molecule has 0 N–H and O–H groups in total. The molecule has 3 heteroatoms. The van der Waals surface area contributed by atoms with Crippen LogP contribution in [-0.4, -0.2) is 18.5 Å². The molecule has 3 nitrogen and oxygen atoms in total. The predicted octanol–water partition coefficient (Wildman–Crippen LogP) is 4.45. The molecule has 1 saturated heterocycles. The number of hydrogen-bond acceptors (Lipinski definition) is 3. The summed E-state index contributed by atoms with van der Waals surface area (Å²) >= 11 is 0. The average molecular weight is 296 g/mol. The van der Waals surface area contributed by atoms with Gasteiger partial charge in [0.25, 0.3) is 0 Å². The normalized spacial score (nSPS) is 20.5. The molecule has 1 atom stereocenters. The van der Waals surface area contributed by atoms with Gasteiger partial charge in [0.05, 0.1) is 6.61 Å². The lowest BCUT2D eigenvalue weighted by Gasteiger charge is -2.34. The summed E-state index contributed by atoms with van der Waals surface area (Å²) in [4.78, 5) is 10.6. The maximum absolute atomic E-state index is 5.61. The molecule has 22 heavy (non-hydrogen) atoms. The van der Waals surface area contributed by atoms with Crippen LogP contribution in [0.5, 0.6) is 0 Å². The van der Waals surface area contributed by atoms with Crippen molar-refractivity contribution in [3.05, 3.63) is 66.7 Å². The third-order valence-corrected chi connectivity index (χ3v) is 3.70. The molecule has 1 unspecified atom stereocenters. The van der Waals surface area contributed by atoms with Gasteiger partial charge in [-0.05, 0) is 36.1 Å². The molecule has 1 heterocycles. The zero-order chi connectivity index (χ0) is 15.6.